The minimum Gasteiger partial charge on any atom is -0.457 e. The van der Waals surface area contributed by atoms with Crippen molar-refractivity contribution >= 4 is 11.8 Å². The highest BCUT2D eigenvalue weighted by atomic mass is 16.5. The highest BCUT2D eigenvalue weighted by Gasteiger charge is 2.40. The smallest absolute Gasteiger partial charge is 0.252 e. The minimum absolute atomic E-state index is 0.0814. The zero-order valence-electron chi connectivity index (χ0n) is 15.7. The number of hydrogen-bond donors (Lipinski definition) is 2. The van der Waals surface area contributed by atoms with Gasteiger partial charge in [0.05, 0.1) is 0 Å². The van der Waals surface area contributed by atoms with Crippen molar-refractivity contribution in [3.8, 4) is 11.5 Å². The zero-order chi connectivity index (χ0) is 19.1. The molecule has 2 aromatic rings. The van der Waals surface area contributed by atoms with Crippen LogP contribution in [0.15, 0.2) is 54.6 Å². The number of hydrogen-bond acceptors (Lipinski definition) is 3. The lowest BCUT2D eigenvalue weighted by atomic mass is 9.80. The first-order chi connectivity index (χ1) is 13.1. The number of benzene rings is 2. The predicted octanol–water partition coefficient (Wildman–Crippen LogP) is 4.05. The predicted molar refractivity (Wildman–Crippen MR) is 105 cm³/mol. The standard InChI is InChI=1S/C22H26N2O3/c1-2-23-21(26)22(15-7-4-8-16-22)24-20(25)17-11-13-19(14-12-17)27-18-9-5-3-6-10-18/h3,5-6,9-14H,2,4,7-8,15-16H2,1H3,(H,23,26)(H,24,25). The van der Waals surface area contributed by atoms with Gasteiger partial charge >= 0.3 is 0 Å². The normalized spacial score (nSPS) is 15.6. The molecule has 1 aliphatic carbocycles. The summed E-state index contributed by atoms with van der Waals surface area (Å²) in [6, 6.07) is 16.5. The van der Waals surface area contributed by atoms with E-state index in [1.165, 1.54) is 0 Å². The van der Waals surface area contributed by atoms with Gasteiger partial charge in [0.2, 0.25) is 5.91 Å². The molecule has 5 nitrogen and oxygen atoms in total. The lowest BCUT2D eigenvalue weighted by Gasteiger charge is -2.36. The van der Waals surface area contributed by atoms with Gasteiger partial charge in [0.1, 0.15) is 17.0 Å². The maximum absolute atomic E-state index is 12.8. The molecule has 0 heterocycles. The molecule has 0 unspecified atom stereocenters. The average molecular weight is 366 g/mol. The Morgan fingerprint density at radius 1 is 0.926 bits per heavy atom. The van der Waals surface area contributed by atoms with Gasteiger partial charge in [0.15, 0.2) is 0 Å². The van der Waals surface area contributed by atoms with Gasteiger partial charge in [-0.1, -0.05) is 37.5 Å². The Balaban J connectivity index is 1.69. The van der Waals surface area contributed by atoms with Crippen molar-refractivity contribution in [2.75, 3.05) is 6.54 Å². The van der Waals surface area contributed by atoms with Crippen LogP contribution in [0, 0.1) is 0 Å². The Labute approximate surface area is 160 Å². The van der Waals surface area contributed by atoms with Crippen molar-refractivity contribution in [1.29, 1.82) is 0 Å². The topological polar surface area (TPSA) is 67.4 Å². The monoisotopic (exact) mass is 366 g/mol. The van der Waals surface area contributed by atoms with Gasteiger partial charge < -0.3 is 15.4 Å². The number of amides is 2. The highest BCUT2D eigenvalue weighted by molar-refractivity contribution is 5.99. The Kier molecular flexibility index (Phi) is 6.12. The van der Waals surface area contributed by atoms with Crippen molar-refractivity contribution in [2.45, 2.75) is 44.6 Å². The number of carbonyl (C=O) groups excluding carboxylic acids is 2. The molecule has 0 atom stereocenters. The van der Waals surface area contributed by atoms with Crippen LogP contribution in [-0.2, 0) is 4.79 Å². The molecule has 142 valence electrons. The van der Waals surface area contributed by atoms with E-state index in [2.05, 4.69) is 10.6 Å². The molecular weight excluding hydrogens is 340 g/mol. The maximum Gasteiger partial charge on any atom is 0.252 e. The summed E-state index contributed by atoms with van der Waals surface area (Å²) in [5.41, 5.74) is -0.283. The lowest BCUT2D eigenvalue weighted by Crippen LogP contribution is -2.59. The third-order valence-corrected chi connectivity index (χ3v) is 4.93. The molecular formula is C22H26N2O3. The maximum atomic E-state index is 12.8. The van der Waals surface area contributed by atoms with Gasteiger partial charge in [-0.15, -0.1) is 0 Å². The second-order valence-corrected chi connectivity index (χ2v) is 6.90. The molecule has 2 N–H and O–H groups in total. The van der Waals surface area contributed by atoms with Crippen LogP contribution in [0.25, 0.3) is 0 Å². The van der Waals surface area contributed by atoms with Crippen LogP contribution in [0.3, 0.4) is 0 Å². The second kappa shape index (κ2) is 8.71. The van der Waals surface area contributed by atoms with Gasteiger partial charge in [-0.2, -0.15) is 0 Å². The molecule has 0 radical (unpaired) electrons. The molecule has 2 amide bonds. The van der Waals surface area contributed by atoms with Crippen LogP contribution in [0.2, 0.25) is 0 Å². The summed E-state index contributed by atoms with van der Waals surface area (Å²) >= 11 is 0. The summed E-state index contributed by atoms with van der Waals surface area (Å²) in [6.45, 7) is 2.45. The minimum atomic E-state index is -0.801. The Hall–Kier alpha value is -2.82. The van der Waals surface area contributed by atoms with Crippen LogP contribution in [-0.4, -0.2) is 23.9 Å². The quantitative estimate of drug-likeness (QED) is 0.810. The van der Waals surface area contributed by atoms with Crippen LogP contribution in [0.4, 0.5) is 0 Å². The molecule has 1 saturated carbocycles. The zero-order valence-corrected chi connectivity index (χ0v) is 15.7. The molecule has 3 rings (SSSR count). The van der Waals surface area contributed by atoms with Gasteiger partial charge in [0.25, 0.3) is 5.91 Å². The fourth-order valence-corrected chi connectivity index (χ4v) is 3.48. The summed E-state index contributed by atoms with van der Waals surface area (Å²) in [5.74, 6) is 1.09. The first kappa shape index (κ1) is 19.0. The number of ether oxygens (including phenoxy) is 1. The largest absolute Gasteiger partial charge is 0.457 e. The first-order valence-corrected chi connectivity index (χ1v) is 9.57. The molecule has 0 spiro atoms. The van der Waals surface area contributed by atoms with Crippen molar-refractivity contribution in [2.24, 2.45) is 0 Å². The summed E-state index contributed by atoms with van der Waals surface area (Å²) in [6.07, 6.45) is 4.35. The number of para-hydroxylation sites is 1. The average Bonchev–Trinajstić information content (AvgIpc) is 2.70. The Morgan fingerprint density at radius 3 is 2.19 bits per heavy atom. The van der Waals surface area contributed by atoms with Crippen molar-refractivity contribution < 1.29 is 14.3 Å². The van der Waals surface area contributed by atoms with E-state index in [1.807, 2.05) is 37.3 Å². The van der Waals surface area contributed by atoms with Crippen molar-refractivity contribution in [1.82, 2.24) is 10.6 Å². The lowest BCUT2D eigenvalue weighted by molar-refractivity contribution is -0.128. The van der Waals surface area contributed by atoms with Gasteiger partial charge in [-0.25, -0.2) is 0 Å². The number of rotatable bonds is 6. The first-order valence-electron chi connectivity index (χ1n) is 9.57. The van der Waals surface area contributed by atoms with E-state index in [4.69, 9.17) is 4.74 Å². The Morgan fingerprint density at radius 2 is 1.56 bits per heavy atom. The van der Waals surface area contributed by atoms with E-state index in [1.54, 1.807) is 24.3 Å². The van der Waals surface area contributed by atoms with Crippen molar-refractivity contribution in [3.63, 3.8) is 0 Å². The van der Waals surface area contributed by atoms with Crippen molar-refractivity contribution in [3.05, 3.63) is 60.2 Å². The van der Waals surface area contributed by atoms with E-state index < -0.39 is 5.54 Å². The molecule has 0 aromatic heterocycles. The van der Waals surface area contributed by atoms with E-state index in [9.17, 15) is 9.59 Å². The Bertz CT molecular complexity index is 766. The highest BCUT2D eigenvalue weighted by Crippen LogP contribution is 2.29. The summed E-state index contributed by atoms with van der Waals surface area (Å²) in [7, 11) is 0. The molecule has 0 saturated heterocycles. The third kappa shape index (κ3) is 4.67. The van der Waals surface area contributed by atoms with Crippen LogP contribution in [0.5, 0.6) is 11.5 Å². The second-order valence-electron chi connectivity index (χ2n) is 6.90. The van der Waals surface area contributed by atoms with Gasteiger partial charge in [0, 0.05) is 12.1 Å². The molecule has 5 heteroatoms. The van der Waals surface area contributed by atoms with Crippen LogP contribution < -0.4 is 15.4 Å². The number of carbonyl (C=O) groups is 2. The number of likely N-dealkylation sites (N-methyl/N-ethyl adjacent to an activating group) is 1. The van der Waals surface area contributed by atoms with Crippen LogP contribution in [0.1, 0.15) is 49.4 Å². The molecule has 1 fully saturated rings. The van der Waals surface area contributed by atoms with E-state index in [0.717, 1.165) is 25.0 Å². The van der Waals surface area contributed by atoms with Crippen LogP contribution >= 0.6 is 0 Å². The number of nitrogens with one attached hydrogen (secondary N) is 2. The van der Waals surface area contributed by atoms with E-state index in [-0.39, 0.29) is 11.8 Å². The fraction of sp³-hybridized carbons (Fsp3) is 0.364. The van der Waals surface area contributed by atoms with E-state index in [0.29, 0.717) is 30.7 Å². The molecule has 0 bridgehead atoms. The SMILES string of the molecule is CCNC(=O)C1(NC(=O)c2ccc(Oc3ccccc3)cc2)CCCCC1. The molecule has 0 aliphatic heterocycles. The molecule has 1 aliphatic rings. The van der Waals surface area contributed by atoms with E-state index >= 15 is 0 Å². The third-order valence-electron chi connectivity index (χ3n) is 4.93. The molecule has 27 heavy (non-hydrogen) atoms. The summed E-state index contributed by atoms with van der Waals surface area (Å²) in [5, 5.41) is 5.89. The van der Waals surface area contributed by atoms with Gasteiger partial charge in [-0.05, 0) is 56.2 Å². The summed E-state index contributed by atoms with van der Waals surface area (Å²) < 4.78 is 5.76. The fourth-order valence-electron chi connectivity index (χ4n) is 3.48. The molecule has 2 aromatic carbocycles. The van der Waals surface area contributed by atoms with Gasteiger partial charge in [-0.3, -0.25) is 9.59 Å². The summed E-state index contributed by atoms with van der Waals surface area (Å²) in [4.78, 5) is 25.4.